The molecule has 1 nitrogen and oxygen atoms in total. The Kier molecular flexibility index (Phi) is 14.0. The Bertz CT molecular complexity index is 935. The van der Waals surface area contributed by atoms with Crippen LogP contribution < -0.4 is 24.8 Å². The molecule has 3 aromatic carbocycles. The van der Waals surface area contributed by atoms with Gasteiger partial charge in [0, 0.05) is 6.61 Å². The molecule has 0 heterocycles. The summed E-state index contributed by atoms with van der Waals surface area (Å²) in [5.41, 5.74) is 0. The van der Waals surface area contributed by atoms with Crippen molar-refractivity contribution in [2.75, 3.05) is 6.61 Å². The topological polar surface area (TPSA) is 20.2 Å². The van der Waals surface area contributed by atoms with E-state index in [0.29, 0.717) is 6.61 Å². The second kappa shape index (κ2) is 14.4. The maximum Gasteiger partial charge on any atom is 0.0397 e. The monoisotopic (exact) mass is 534 g/mol. The van der Waals surface area contributed by atoms with Crippen LogP contribution >= 0.6 is 0 Å². The van der Waals surface area contributed by atoms with Crippen LogP contribution in [0.1, 0.15) is 20.3 Å². The molecule has 0 unspecified atom stereocenters. The van der Waals surface area contributed by atoms with Crippen molar-refractivity contribution in [1.29, 1.82) is 0 Å². The molecular formula is C25H30Cl2OSiZr-2. The molecule has 0 aromatic heterocycles. The average molecular weight is 537 g/mol. The number of aliphatic hydroxyl groups is 1. The molecule has 5 heteroatoms. The minimum Gasteiger partial charge on any atom is -1.00 e. The van der Waals surface area contributed by atoms with Crippen LogP contribution in [0.2, 0.25) is 19.1 Å². The van der Waals surface area contributed by atoms with Gasteiger partial charge in [-0.1, -0.05) is 49.5 Å². The zero-order valence-corrected chi connectivity index (χ0v) is 23.1. The summed E-state index contributed by atoms with van der Waals surface area (Å²) in [7, 11) is -1.28. The van der Waals surface area contributed by atoms with E-state index in [1.165, 1.54) is 29.9 Å². The first-order valence-corrected chi connectivity index (χ1v) is 14.2. The van der Waals surface area contributed by atoms with Crippen LogP contribution in [0.4, 0.5) is 0 Å². The van der Waals surface area contributed by atoms with Crippen LogP contribution in [0.25, 0.3) is 21.5 Å². The van der Waals surface area contributed by atoms with Gasteiger partial charge in [-0.2, -0.15) is 6.08 Å². The predicted octanol–water partition coefficient (Wildman–Crippen LogP) is 0.381. The van der Waals surface area contributed by atoms with Crippen molar-refractivity contribution in [3.8, 4) is 0 Å². The number of allylic oxidation sites excluding steroid dienone is 4. The molecule has 0 fully saturated rings. The summed E-state index contributed by atoms with van der Waals surface area (Å²) in [5, 5.41) is 15.7. The van der Waals surface area contributed by atoms with Crippen molar-refractivity contribution in [1.82, 2.24) is 0 Å². The number of halogens is 2. The molecule has 0 radical (unpaired) electrons. The van der Waals surface area contributed by atoms with E-state index in [1.807, 2.05) is 0 Å². The Morgan fingerprint density at radius 2 is 1.47 bits per heavy atom. The quantitative estimate of drug-likeness (QED) is 0.379. The SMILES string of the molecule is C[C](C)=[Zr+2].C[Si](C)(CCO)C1=CC[C-]=C1.[Cl-].[Cl-].c1ccc2c(c1)[cH-]c1ccccc12. The maximum atomic E-state index is 8.84. The molecule has 0 saturated heterocycles. The van der Waals surface area contributed by atoms with Crippen LogP contribution in [0.5, 0.6) is 0 Å². The molecule has 0 atom stereocenters. The molecule has 0 spiro atoms. The van der Waals surface area contributed by atoms with E-state index in [4.69, 9.17) is 5.11 Å². The predicted molar refractivity (Wildman–Crippen MR) is 123 cm³/mol. The van der Waals surface area contributed by atoms with Crippen molar-refractivity contribution in [3.05, 3.63) is 78.0 Å². The Labute approximate surface area is 209 Å². The van der Waals surface area contributed by atoms with Gasteiger partial charge in [-0.25, -0.2) is 11.3 Å². The first-order chi connectivity index (χ1) is 13.3. The summed E-state index contributed by atoms with van der Waals surface area (Å²) in [6.07, 6.45) is 8.48. The zero-order chi connectivity index (χ0) is 20.6. The number of hydrogen-bond acceptors (Lipinski definition) is 1. The largest absolute Gasteiger partial charge is 1.00 e. The third-order valence-electron chi connectivity index (χ3n) is 4.74. The first-order valence-electron chi connectivity index (χ1n) is 9.78. The Balaban J connectivity index is 0.000000457. The second-order valence-corrected chi connectivity index (χ2v) is 15.2. The minimum atomic E-state index is -1.28. The van der Waals surface area contributed by atoms with E-state index in [1.54, 1.807) is 24.2 Å². The van der Waals surface area contributed by atoms with Crippen LogP contribution in [-0.2, 0) is 24.2 Å². The number of rotatable bonds is 3. The molecule has 1 aliphatic carbocycles. The Morgan fingerprint density at radius 3 is 1.87 bits per heavy atom. The number of hydrogen-bond donors (Lipinski definition) is 1. The van der Waals surface area contributed by atoms with E-state index in [9.17, 15) is 0 Å². The average Bonchev–Trinajstić information content (AvgIpc) is 3.30. The van der Waals surface area contributed by atoms with Gasteiger partial charge in [0.2, 0.25) is 0 Å². The summed E-state index contributed by atoms with van der Waals surface area (Å²) in [4.78, 5) is 0. The fourth-order valence-electron chi connectivity index (χ4n) is 3.20. The molecule has 3 aromatic rings. The standard InChI is InChI=1S/C13H9.C9H15OSi.C3H6.2ClH.Zr/c1-3-7-12-10(5-1)9-11-6-2-4-8-13(11)12;1-11(2,8-7-10)9-5-3-4-6-9;1-3-2;;;/h1-9H;5-6,10H,3,7-8H2,1-2H3;1-2H3;2*1H;/q2*-1;;;;+2/p-2. The van der Waals surface area contributed by atoms with Gasteiger partial charge in [0.1, 0.15) is 0 Å². The van der Waals surface area contributed by atoms with Crippen LogP contribution in [0.15, 0.2) is 71.9 Å². The summed E-state index contributed by atoms with van der Waals surface area (Å²) in [6, 6.07) is 20.2. The smallest absolute Gasteiger partial charge is 0.0397 e. The van der Waals surface area contributed by atoms with Gasteiger partial charge in [-0.05, 0) is 14.1 Å². The fourth-order valence-corrected chi connectivity index (χ4v) is 5.19. The van der Waals surface area contributed by atoms with E-state index in [2.05, 4.69) is 99.8 Å². The molecular weight excluding hydrogens is 506 g/mol. The van der Waals surface area contributed by atoms with Crippen molar-refractivity contribution < 1.29 is 54.2 Å². The Morgan fingerprint density at radius 1 is 1.00 bits per heavy atom. The molecule has 0 amide bonds. The normalized spacial score (nSPS) is 12.0. The van der Waals surface area contributed by atoms with Crippen molar-refractivity contribution >= 4 is 32.8 Å². The van der Waals surface area contributed by atoms with Crippen LogP contribution in [0, 0.1) is 6.08 Å². The van der Waals surface area contributed by atoms with Crippen molar-refractivity contribution in [2.45, 2.75) is 39.4 Å². The minimum absolute atomic E-state index is 0. The van der Waals surface area contributed by atoms with Gasteiger partial charge in [-0.15, -0.1) is 46.2 Å². The van der Waals surface area contributed by atoms with E-state index in [0.717, 1.165) is 12.5 Å². The molecule has 0 bridgehead atoms. The van der Waals surface area contributed by atoms with E-state index >= 15 is 0 Å². The van der Waals surface area contributed by atoms with E-state index < -0.39 is 8.07 Å². The summed E-state index contributed by atoms with van der Waals surface area (Å²) >= 11 is 1.55. The Hall–Kier alpha value is -0.700. The zero-order valence-electron chi connectivity index (χ0n) is 18.2. The van der Waals surface area contributed by atoms with Crippen molar-refractivity contribution in [2.24, 2.45) is 0 Å². The third-order valence-corrected chi connectivity index (χ3v) is 8.12. The van der Waals surface area contributed by atoms with Gasteiger partial charge in [0.15, 0.2) is 0 Å². The summed E-state index contributed by atoms with van der Waals surface area (Å²) in [6.45, 7) is 9.15. The first kappa shape index (κ1) is 29.3. The van der Waals surface area contributed by atoms with Gasteiger partial charge in [-0.3, -0.25) is 6.08 Å². The fraction of sp³-hybridized carbons (Fsp3) is 0.280. The maximum absolute atomic E-state index is 8.84. The number of aliphatic hydroxyl groups excluding tert-OH is 1. The molecule has 160 valence electrons. The van der Waals surface area contributed by atoms with E-state index in [-0.39, 0.29) is 24.8 Å². The molecule has 0 aliphatic heterocycles. The summed E-state index contributed by atoms with van der Waals surface area (Å²) in [5.74, 6) is 0. The molecule has 0 saturated carbocycles. The molecule has 30 heavy (non-hydrogen) atoms. The number of fused-ring (bicyclic) bond motifs is 3. The third kappa shape index (κ3) is 8.81. The van der Waals surface area contributed by atoms with Crippen molar-refractivity contribution in [3.63, 3.8) is 0 Å². The van der Waals surface area contributed by atoms with Gasteiger partial charge >= 0.3 is 41.3 Å². The number of benzene rings is 2. The van der Waals surface area contributed by atoms with Gasteiger partial charge in [0.25, 0.3) is 0 Å². The second-order valence-electron chi connectivity index (χ2n) is 7.89. The summed E-state index contributed by atoms with van der Waals surface area (Å²) < 4.78 is 1.51. The molecule has 4 rings (SSSR count). The van der Waals surface area contributed by atoms with Crippen LogP contribution in [0.3, 0.4) is 0 Å². The van der Waals surface area contributed by atoms with Crippen LogP contribution in [-0.4, -0.2) is 23.0 Å². The van der Waals surface area contributed by atoms with Gasteiger partial charge in [0.05, 0.1) is 0 Å². The molecule has 1 N–H and O–H groups in total. The van der Waals surface area contributed by atoms with Gasteiger partial charge < -0.3 is 29.9 Å². The molecule has 1 aliphatic rings.